The van der Waals surface area contributed by atoms with Gasteiger partial charge in [-0.3, -0.25) is 9.59 Å². The Balaban J connectivity index is 2.79. The molecule has 0 spiro atoms. The van der Waals surface area contributed by atoms with E-state index in [1.54, 1.807) is 52.1 Å². The summed E-state index contributed by atoms with van der Waals surface area (Å²) >= 11 is 0. The fourth-order valence-electron chi connectivity index (χ4n) is 1.64. The number of ether oxygens (including phenoxy) is 1. The first-order valence-corrected chi connectivity index (χ1v) is 6.40. The van der Waals surface area contributed by atoms with Crippen LogP contribution in [0.1, 0.15) is 32.3 Å². The molecule has 2 N–H and O–H groups in total. The number of amides is 1. The molecule has 0 saturated heterocycles. The molecule has 0 aliphatic heterocycles. The molecule has 110 valence electrons. The van der Waals surface area contributed by atoms with Crippen LogP contribution in [0.15, 0.2) is 24.3 Å². The Bertz CT molecular complexity index is 474. The zero-order valence-electron chi connectivity index (χ0n) is 12.3. The van der Waals surface area contributed by atoms with Crippen molar-refractivity contribution in [2.24, 2.45) is 5.41 Å². The van der Waals surface area contributed by atoms with Crippen LogP contribution < -0.4 is 10.1 Å². The van der Waals surface area contributed by atoms with Crippen LogP contribution in [0.5, 0.6) is 5.75 Å². The lowest BCUT2D eigenvalue weighted by Crippen LogP contribution is -2.38. The molecule has 0 fully saturated rings. The second-order valence-corrected chi connectivity index (χ2v) is 5.62. The third-order valence-corrected chi connectivity index (χ3v) is 2.96. The van der Waals surface area contributed by atoms with E-state index in [0.717, 1.165) is 0 Å². The first-order chi connectivity index (χ1) is 9.25. The molecule has 0 aliphatic rings. The highest BCUT2D eigenvalue weighted by Crippen LogP contribution is 2.20. The second kappa shape index (κ2) is 6.41. The van der Waals surface area contributed by atoms with Crippen LogP contribution in [-0.4, -0.2) is 30.6 Å². The van der Waals surface area contributed by atoms with Gasteiger partial charge in [0, 0.05) is 12.0 Å². The number of carboxylic acids is 1. The molecule has 0 radical (unpaired) electrons. The van der Waals surface area contributed by atoms with Gasteiger partial charge in [-0.1, -0.05) is 32.9 Å². The van der Waals surface area contributed by atoms with E-state index >= 15 is 0 Å². The quantitative estimate of drug-likeness (QED) is 0.864. The van der Waals surface area contributed by atoms with E-state index in [1.807, 2.05) is 0 Å². The molecule has 5 nitrogen and oxygen atoms in total. The monoisotopic (exact) mass is 279 g/mol. The van der Waals surface area contributed by atoms with Gasteiger partial charge in [-0.15, -0.1) is 0 Å². The van der Waals surface area contributed by atoms with Crippen molar-refractivity contribution in [2.45, 2.75) is 26.7 Å². The van der Waals surface area contributed by atoms with Crippen LogP contribution in [0.3, 0.4) is 0 Å². The molecular weight excluding hydrogens is 258 g/mol. The van der Waals surface area contributed by atoms with Crippen molar-refractivity contribution < 1.29 is 19.4 Å². The Hall–Kier alpha value is -2.04. The van der Waals surface area contributed by atoms with Crippen LogP contribution >= 0.6 is 0 Å². The number of benzene rings is 1. The lowest BCUT2D eigenvalue weighted by atomic mass is 9.94. The van der Waals surface area contributed by atoms with Crippen LogP contribution in [0.4, 0.5) is 0 Å². The third kappa shape index (κ3) is 4.26. The summed E-state index contributed by atoms with van der Waals surface area (Å²) in [5, 5.41) is 12.0. The number of carbonyl (C=O) groups is 2. The first kappa shape index (κ1) is 16.0. The fraction of sp³-hybridized carbons (Fsp3) is 0.467. The predicted octanol–water partition coefficient (Wildman–Crippen LogP) is 2.03. The summed E-state index contributed by atoms with van der Waals surface area (Å²) < 4.78 is 5.04. The van der Waals surface area contributed by atoms with Crippen LogP contribution in [0.2, 0.25) is 0 Å². The zero-order valence-corrected chi connectivity index (χ0v) is 12.3. The third-order valence-electron chi connectivity index (χ3n) is 2.96. The zero-order chi connectivity index (χ0) is 15.3. The highest BCUT2D eigenvalue weighted by molar-refractivity contribution is 5.83. The number of rotatable bonds is 5. The summed E-state index contributed by atoms with van der Waals surface area (Å²) in [5.74, 6) is -1.24. The van der Waals surface area contributed by atoms with E-state index in [4.69, 9.17) is 4.74 Å². The van der Waals surface area contributed by atoms with Crippen molar-refractivity contribution in [3.63, 3.8) is 0 Å². The van der Waals surface area contributed by atoms with Gasteiger partial charge in [0.05, 0.1) is 13.0 Å². The maximum atomic E-state index is 11.8. The molecule has 1 amide bonds. The molecule has 1 rings (SSSR count). The summed E-state index contributed by atoms with van der Waals surface area (Å²) in [6, 6.07) is 6.80. The normalized spacial score (nSPS) is 12.6. The molecule has 0 aromatic heterocycles. The van der Waals surface area contributed by atoms with Crippen LogP contribution in [0, 0.1) is 5.41 Å². The molecule has 1 aromatic carbocycles. The van der Waals surface area contributed by atoms with E-state index in [-0.39, 0.29) is 12.5 Å². The van der Waals surface area contributed by atoms with Crippen LogP contribution in [-0.2, 0) is 9.59 Å². The second-order valence-electron chi connectivity index (χ2n) is 5.62. The van der Waals surface area contributed by atoms with Gasteiger partial charge in [-0.05, 0) is 17.7 Å². The minimum Gasteiger partial charge on any atom is -0.497 e. The molecule has 1 aromatic rings. The van der Waals surface area contributed by atoms with E-state index in [9.17, 15) is 14.7 Å². The Morgan fingerprint density at radius 1 is 1.25 bits per heavy atom. The largest absolute Gasteiger partial charge is 0.497 e. The highest BCUT2D eigenvalue weighted by atomic mass is 16.5. The van der Waals surface area contributed by atoms with E-state index in [2.05, 4.69) is 5.32 Å². The van der Waals surface area contributed by atoms with Crippen molar-refractivity contribution in [1.82, 2.24) is 5.32 Å². The topological polar surface area (TPSA) is 75.6 Å². The van der Waals surface area contributed by atoms with Crippen molar-refractivity contribution in [3.05, 3.63) is 29.8 Å². The minimum absolute atomic E-state index is 0.0672. The average Bonchev–Trinajstić information content (AvgIpc) is 2.38. The number of nitrogens with one attached hydrogen (secondary N) is 1. The Morgan fingerprint density at radius 3 is 2.20 bits per heavy atom. The van der Waals surface area contributed by atoms with E-state index in [0.29, 0.717) is 11.3 Å². The number of hydrogen-bond acceptors (Lipinski definition) is 3. The summed E-state index contributed by atoms with van der Waals surface area (Å²) in [5.41, 5.74) is 0.0932. The molecule has 0 aliphatic carbocycles. The fourth-order valence-corrected chi connectivity index (χ4v) is 1.64. The lowest BCUT2D eigenvalue weighted by Gasteiger charge is -2.20. The minimum atomic E-state index is -0.968. The van der Waals surface area contributed by atoms with Gasteiger partial charge in [0.25, 0.3) is 0 Å². The molecule has 0 bridgehead atoms. The summed E-state index contributed by atoms with van der Waals surface area (Å²) in [6.07, 6.45) is 0. The molecule has 0 saturated carbocycles. The molecule has 5 heteroatoms. The predicted molar refractivity (Wildman–Crippen MR) is 75.8 cm³/mol. The Labute approximate surface area is 118 Å². The summed E-state index contributed by atoms with van der Waals surface area (Å²) in [6.45, 7) is 5.42. The van der Waals surface area contributed by atoms with Crippen LogP contribution in [0.25, 0.3) is 0 Å². The Kier molecular flexibility index (Phi) is 5.13. The molecule has 0 heterocycles. The smallest absolute Gasteiger partial charge is 0.312 e. The highest BCUT2D eigenvalue weighted by Gasteiger charge is 2.25. The molecular formula is C15H21NO4. The van der Waals surface area contributed by atoms with Gasteiger partial charge in [0.15, 0.2) is 0 Å². The molecule has 1 atom stereocenters. The van der Waals surface area contributed by atoms with Crippen molar-refractivity contribution in [1.29, 1.82) is 0 Å². The maximum absolute atomic E-state index is 11.8. The number of carbonyl (C=O) groups excluding carboxylic acids is 1. The van der Waals surface area contributed by atoms with Crippen molar-refractivity contribution in [2.75, 3.05) is 13.7 Å². The van der Waals surface area contributed by atoms with Gasteiger partial charge in [0.2, 0.25) is 5.91 Å². The SMILES string of the molecule is COc1ccc(C(CNC(=O)C(C)(C)C)C(=O)O)cc1. The average molecular weight is 279 g/mol. The van der Waals surface area contributed by atoms with Gasteiger partial charge >= 0.3 is 5.97 Å². The van der Waals surface area contributed by atoms with Gasteiger partial charge in [-0.25, -0.2) is 0 Å². The van der Waals surface area contributed by atoms with Gasteiger partial charge in [0.1, 0.15) is 5.75 Å². The van der Waals surface area contributed by atoms with Gasteiger partial charge in [-0.2, -0.15) is 0 Å². The van der Waals surface area contributed by atoms with Crippen molar-refractivity contribution >= 4 is 11.9 Å². The number of methoxy groups -OCH3 is 1. The summed E-state index contributed by atoms with van der Waals surface area (Å²) in [4.78, 5) is 23.1. The number of hydrogen-bond donors (Lipinski definition) is 2. The van der Waals surface area contributed by atoms with Crippen molar-refractivity contribution in [3.8, 4) is 5.75 Å². The standard InChI is InChI=1S/C15H21NO4/c1-15(2,3)14(19)16-9-12(13(17)18)10-5-7-11(20-4)8-6-10/h5-8,12H,9H2,1-4H3,(H,16,19)(H,17,18). The molecule has 1 unspecified atom stereocenters. The van der Waals surface area contributed by atoms with E-state index < -0.39 is 17.3 Å². The molecule has 20 heavy (non-hydrogen) atoms. The maximum Gasteiger partial charge on any atom is 0.312 e. The van der Waals surface area contributed by atoms with Gasteiger partial charge < -0.3 is 15.2 Å². The number of carboxylic acid groups (broad SMARTS) is 1. The lowest BCUT2D eigenvalue weighted by molar-refractivity contribution is -0.139. The Morgan fingerprint density at radius 2 is 1.80 bits per heavy atom. The van der Waals surface area contributed by atoms with E-state index in [1.165, 1.54) is 0 Å². The summed E-state index contributed by atoms with van der Waals surface area (Å²) in [7, 11) is 1.55. The first-order valence-electron chi connectivity index (χ1n) is 6.40. The number of aliphatic carboxylic acids is 1.